The smallest absolute Gasteiger partial charge is 0.321 e. The second-order valence-corrected chi connectivity index (χ2v) is 5.26. The molecule has 1 fully saturated rings. The SMILES string of the molecule is CNC(C)c1ccc(NC(=O)N(C)C2CCC2)cc1. The number of rotatable bonds is 4. The number of amides is 2. The summed E-state index contributed by atoms with van der Waals surface area (Å²) in [5.41, 5.74) is 2.07. The number of nitrogens with zero attached hydrogens (tertiary/aromatic N) is 1. The second kappa shape index (κ2) is 6.06. The van der Waals surface area contributed by atoms with Crippen LogP contribution in [0.25, 0.3) is 0 Å². The van der Waals surface area contributed by atoms with E-state index in [0.29, 0.717) is 12.1 Å². The van der Waals surface area contributed by atoms with Crippen molar-refractivity contribution < 1.29 is 4.79 Å². The van der Waals surface area contributed by atoms with Crippen molar-refractivity contribution in [3.05, 3.63) is 29.8 Å². The third kappa shape index (κ3) is 3.26. The van der Waals surface area contributed by atoms with Gasteiger partial charge in [0.25, 0.3) is 0 Å². The standard InChI is InChI=1S/C15H23N3O/c1-11(16-2)12-7-9-13(10-8-12)17-15(19)18(3)14-5-4-6-14/h7-11,14,16H,4-6H2,1-3H3,(H,17,19). The lowest BCUT2D eigenvalue weighted by Crippen LogP contribution is -2.43. The summed E-state index contributed by atoms with van der Waals surface area (Å²) in [5, 5.41) is 6.14. The Hall–Kier alpha value is -1.55. The molecule has 104 valence electrons. The highest BCUT2D eigenvalue weighted by Gasteiger charge is 2.25. The lowest BCUT2D eigenvalue weighted by atomic mass is 9.92. The van der Waals surface area contributed by atoms with Crippen molar-refractivity contribution in [1.82, 2.24) is 10.2 Å². The Kier molecular flexibility index (Phi) is 4.43. The maximum absolute atomic E-state index is 12.0. The van der Waals surface area contributed by atoms with E-state index in [1.165, 1.54) is 12.0 Å². The topological polar surface area (TPSA) is 44.4 Å². The molecule has 0 heterocycles. The van der Waals surface area contributed by atoms with Crippen LogP contribution in [0.4, 0.5) is 10.5 Å². The van der Waals surface area contributed by atoms with E-state index >= 15 is 0 Å². The van der Waals surface area contributed by atoms with Gasteiger partial charge in [-0.25, -0.2) is 4.79 Å². The molecule has 1 aromatic rings. The van der Waals surface area contributed by atoms with E-state index in [1.807, 2.05) is 43.3 Å². The first-order valence-electron chi connectivity index (χ1n) is 6.93. The van der Waals surface area contributed by atoms with E-state index in [2.05, 4.69) is 17.6 Å². The fraction of sp³-hybridized carbons (Fsp3) is 0.533. The molecule has 1 saturated carbocycles. The first-order valence-corrected chi connectivity index (χ1v) is 6.93. The molecule has 0 spiro atoms. The van der Waals surface area contributed by atoms with Crippen LogP contribution in [0, 0.1) is 0 Å². The van der Waals surface area contributed by atoms with E-state index in [0.717, 1.165) is 18.5 Å². The average molecular weight is 261 g/mol. The number of anilines is 1. The molecule has 2 N–H and O–H groups in total. The van der Waals surface area contributed by atoms with Crippen LogP contribution in [0.2, 0.25) is 0 Å². The van der Waals surface area contributed by atoms with Gasteiger partial charge in [0.15, 0.2) is 0 Å². The molecule has 0 radical (unpaired) electrons. The second-order valence-electron chi connectivity index (χ2n) is 5.26. The van der Waals surface area contributed by atoms with Crippen molar-refractivity contribution in [3.8, 4) is 0 Å². The Labute approximate surface area is 115 Å². The highest BCUT2D eigenvalue weighted by molar-refractivity contribution is 5.89. The summed E-state index contributed by atoms with van der Waals surface area (Å²) in [6, 6.07) is 8.72. The molecule has 4 heteroatoms. The van der Waals surface area contributed by atoms with Crippen LogP contribution < -0.4 is 10.6 Å². The van der Waals surface area contributed by atoms with Gasteiger partial charge >= 0.3 is 6.03 Å². The molecule has 1 aromatic carbocycles. The minimum atomic E-state index is -0.0147. The normalized spacial score (nSPS) is 16.6. The molecule has 1 aliphatic rings. The number of carbonyl (C=O) groups is 1. The Morgan fingerprint density at radius 3 is 2.42 bits per heavy atom. The first-order chi connectivity index (χ1) is 9.11. The number of hydrogen-bond acceptors (Lipinski definition) is 2. The van der Waals surface area contributed by atoms with Crippen molar-refractivity contribution in [2.24, 2.45) is 0 Å². The van der Waals surface area contributed by atoms with Crippen molar-refractivity contribution in [2.75, 3.05) is 19.4 Å². The third-order valence-corrected chi connectivity index (χ3v) is 4.04. The van der Waals surface area contributed by atoms with Crippen molar-refractivity contribution >= 4 is 11.7 Å². The maximum atomic E-state index is 12.0. The zero-order chi connectivity index (χ0) is 13.8. The molecule has 1 unspecified atom stereocenters. The highest BCUT2D eigenvalue weighted by atomic mass is 16.2. The first kappa shape index (κ1) is 13.9. The van der Waals surface area contributed by atoms with Crippen LogP contribution in [0.5, 0.6) is 0 Å². The fourth-order valence-corrected chi connectivity index (χ4v) is 2.17. The summed E-state index contributed by atoms with van der Waals surface area (Å²) in [6.45, 7) is 2.11. The minimum absolute atomic E-state index is 0.0147. The van der Waals surface area contributed by atoms with Crippen LogP contribution in [-0.4, -0.2) is 31.1 Å². The molecule has 0 bridgehead atoms. The molecule has 1 atom stereocenters. The van der Waals surface area contributed by atoms with Crippen LogP contribution in [0.3, 0.4) is 0 Å². The molecule has 2 rings (SSSR count). The number of hydrogen-bond donors (Lipinski definition) is 2. The summed E-state index contributed by atoms with van der Waals surface area (Å²) in [4.78, 5) is 13.8. The predicted octanol–water partition coefficient (Wildman–Crippen LogP) is 2.98. The van der Waals surface area contributed by atoms with Gasteiger partial charge in [-0.15, -0.1) is 0 Å². The summed E-state index contributed by atoms with van der Waals surface area (Å²) >= 11 is 0. The van der Waals surface area contributed by atoms with Crippen molar-refractivity contribution in [1.29, 1.82) is 0 Å². The largest absolute Gasteiger partial charge is 0.325 e. The van der Waals surface area contributed by atoms with Crippen LogP contribution in [0.1, 0.15) is 37.8 Å². The number of nitrogens with one attached hydrogen (secondary N) is 2. The lowest BCUT2D eigenvalue weighted by Gasteiger charge is -2.34. The Bertz CT molecular complexity index is 426. The number of benzene rings is 1. The van der Waals surface area contributed by atoms with Gasteiger partial charge in [0, 0.05) is 24.8 Å². The van der Waals surface area contributed by atoms with Gasteiger partial charge in [0.05, 0.1) is 0 Å². The van der Waals surface area contributed by atoms with Crippen LogP contribution in [-0.2, 0) is 0 Å². The zero-order valence-electron chi connectivity index (χ0n) is 11.9. The van der Waals surface area contributed by atoms with Gasteiger partial charge < -0.3 is 15.5 Å². The Morgan fingerprint density at radius 2 is 1.95 bits per heavy atom. The van der Waals surface area contributed by atoms with Gasteiger partial charge in [-0.2, -0.15) is 0 Å². The molecule has 2 amide bonds. The summed E-state index contributed by atoms with van der Waals surface area (Å²) in [7, 11) is 3.81. The Morgan fingerprint density at radius 1 is 1.32 bits per heavy atom. The van der Waals surface area contributed by atoms with Gasteiger partial charge in [-0.1, -0.05) is 12.1 Å². The molecule has 19 heavy (non-hydrogen) atoms. The van der Waals surface area contributed by atoms with E-state index in [9.17, 15) is 4.79 Å². The molecule has 0 aliphatic heterocycles. The molecule has 0 aromatic heterocycles. The van der Waals surface area contributed by atoms with E-state index in [1.54, 1.807) is 0 Å². The summed E-state index contributed by atoms with van der Waals surface area (Å²) < 4.78 is 0. The van der Waals surface area contributed by atoms with Crippen molar-refractivity contribution in [2.45, 2.75) is 38.3 Å². The predicted molar refractivity (Wildman–Crippen MR) is 78.3 cm³/mol. The van der Waals surface area contributed by atoms with Gasteiger partial charge in [0.1, 0.15) is 0 Å². The maximum Gasteiger partial charge on any atom is 0.321 e. The van der Waals surface area contributed by atoms with Gasteiger partial charge in [-0.05, 0) is 50.9 Å². The number of urea groups is 1. The minimum Gasteiger partial charge on any atom is -0.325 e. The summed E-state index contributed by atoms with van der Waals surface area (Å²) in [6.07, 6.45) is 3.49. The molecule has 4 nitrogen and oxygen atoms in total. The molecular formula is C15H23N3O. The highest BCUT2D eigenvalue weighted by Crippen LogP contribution is 2.24. The van der Waals surface area contributed by atoms with E-state index in [4.69, 9.17) is 0 Å². The zero-order valence-corrected chi connectivity index (χ0v) is 11.9. The Balaban J connectivity index is 1.93. The lowest BCUT2D eigenvalue weighted by molar-refractivity contribution is 0.169. The van der Waals surface area contributed by atoms with E-state index in [-0.39, 0.29) is 6.03 Å². The molecule has 0 saturated heterocycles. The fourth-order valence-electron chi connectivity index (χ4n) is 2.17. The molecular weight excluding hydrogens is 238 g/mol. The van der Waals surface area contributed by atoms with Gasteiger partial charge in [-0.3, -0.25) is 0 Å². The number of carbonyl (C=O) groups excluding carboxylic acids is 1. The average Bonchev–Trinajstić information content (AvgIpc) is 2.36. The van der Waals surface area contributed by atoms with Crippen molar-refractivity contribution in [3.63, 3.8) is 0 Å². The molecule has 1 aliphatic carbocycles. The summed E-state index contributed by atoms with van der Waals surface area (Å²) in [5.74, 6) is 0. The quantitative estimate of drug-likeness (QED) is 0.875. The van der Waals surface area contributed by atoms with Crippen LogP contribution >= 0.6 is 0 Å². The third-order valence-electron chi connectivity index (χ3n) is 4.04. The van der Waals surface area contributed by atoms with Crippen LogP contribution in [0.15, 0.2) is 24.3 Å². The van der Waals surface area contributed by atoms with Gasteiger partial charge in [0.2, 0.25) is 0 Å². The van der Waals surface area contributed by atoms with E-state index < -0.39 is 0 Å². The monoisotopic (exact) mass is 261 g/mol.